The van der Waals surface area contributed by atoms with Crippen molar-refractivity contribution >= 4 is 0 Å². The average molecular weight is 217 g/mol. The zero-order valence-corrected chi connectivity index (χ0v) is 10.7. The van der Waals surface area contributed by atoms with Gasteiger partial charge in [-0.1, -0.05) is 20.8 Å². The van der Waals surface area contributed by atoms with Crippen LogP contribution in [0.5, 0.6) is 0 Å². The molecular weight excluding hydrogens is 193 g/mol. The fourth-order valence-corrected chi connectivity index (χ4v) is 2.46. The van der Waals surface area contributed by atoms with Crippen LogP contribution in [0.15, 0.2) is 0 Å². The molecule has 90 valence electrons. The lowest BCUT2D eigenvalue weighted by molar-refractivity contribution is -0.00328. The van der Waals surface area contributed by atoms with Gasteiger partial charge in [-0.3, -0.25) is 4.90 Å². The van der Waals surface area contributed by atoms with Crippen LogP contribution in [0, 0.1) is 5.41 Å². The normalized spacial score (nSPS) is 34.8. The third-order valence-corrected chi connectivity index (χ3v) is 3.15. The first-order valence-electron chi connectivity index (χ1n) is 5.64. The molecule has 1 aliphatic heterocycles. The Hall–Kier alpha value is -0.150. The lowest BCUT2D eigenvalue weighted by Gasteiger charge is -2.43. The summed E-state index contributed by atoms with van der Waals surface area (Å²) >= 11 is 0. The fraction of sp³-hybridized carbons (Fsp3) is 1.00. The summed E-state index contributed by atoms with van der Waals surface area (Å²) in [5.74, 6) is 0. The van der Waals surface area contributed by atoms with Crippen molar-refractivity contribution in [1.82, 2.24) is 4.90 Å². The highest BCUT2D eigenvalue weighted by molar-refractivity contribution is 5.03. The minimum absolute atomic E-state index is 0.0975. The Kier molecular flexibility index (Phi) is 3.19. The van der Waals surface area contributed by atoms with Crippen LogP contribution in [-0.4, -0.2) is 40.4 Å². The zero-order valence-electron chi connectivity index (χ0n) is 10.7. The smallest absolute Gasteiger partial charge is 0.140 e. The van der Waals surface area contributed by atoms with Gasteiger partial charge in [-0.15, -0.1) is 0 Å². The van der Waals surface area contributed by atoms with E-state index in [0.717, 1.165) is 0 Å². The lowest BCUT2D eigenvalue weighted by Crippen LogP contribution is -2.52. The minimum atomic E-state index is -1.12. The van der Waals surface area contributed by atoms with Crippen molar-refractivity contribution in [3.63, 3.8) is 0 Å². The van der Waals surface area contributed by atoms with Gasteiger partial charge in [-0.2, -0.15) is 0 Å². The highest BCUT2D eigenvalue weighted by Gasteiger charge is 2.50. The second-order valence-electron chi connectivity index (χ2n) is 6.64. The van der Waals surface area contributed by atoms with Gasteiger partial charge in [0.2, 0.25) is 0 Å². The van der Waals surface area contributed by atoms with Crippen molar-refractivity contribution < 1.29 is 9.50 Å². The van der Waals surface area contributed by atoms with Gasteiger partial charge in [0.1, 0.15) is 12.3 Å². The molecule has 0 aliphatic carbocycles. The number of hydrogen-bond donors (Lipinski definition) is 1. The van der Waals surface area contributed by atoms with Gasteiger partial charge in [0.05, 0.1) is 0 Å². The standard InChI is InChI=1S/C12H24FNO/c1-11(2,3)10-9(15)8(13)7-14(10)12(4,5)6/h8-10,15H,7H2,1-6H3/t8-,9+,10-/m0/s1. The zero-order chi connectivity index (χ0) is 12.0. The van der Waals surface area contributed by atoms with E-state index in [2.05, 4.69) is 46.4 Å². The number of nitrogens with zero attached hydrogens (tertiary/aromatic N) is 1. The van der Waals surface area contributed by atoms with Gasteiger partial charge in [-0.05, 0) is 26.2 Å². The molecule has 0 aromatic heterocycles. The van der Waals surface area contributed by atoms with E-state index >= 15 is 0 Å². The summed E-state index contributed by atoms with van der Waals surface area (Å²) in [4.78, 5) is 2.09. The van der Waals surface area contributed by atoms with E-state index in [1.807, 2.05) is 0 Å². The van der Waals surface area contributed by atoms with E-state index in [1.54, 1.807) is 0 Å². The van der Waals surface area contributed by atoms with Crippen LogP contribution in [0.2, 0.25) is 0 Å². The number of halogens is 1. The van der Waals surface area contributed by atoms with Gasteiger partial charge >= 0.3 is 0 Å². The van der Waals surface area contributed by atoms with Crippen molar-refractivity contribution in [2.45, 2.75) is 65.4 Å². The second-order valence-corrected chi connectivity index (χ2v) is 6.64. The van der Waals surface area contributed by atoms with Crippen LogP contribution in [0.25, 0.3) is 0 Å². The molecule has 1 fully saturated rings. The fourth-order valence-electron chi connectivity index (χ4n) is 2.46. The molecule has 3 heteroatoms. The highest BCUT2D eigenvalue weighted by Crippen LogP contribution is 2.38. The summed E-state index contributed by atoms with van der Waals surface area (Å²) in [7, 11) is 0. The monoisotopic (exact) mass is 217 g/mol. The molecule has 0 aromatic rings. The molecule has 0 spiro atoms. The van der Waals surface area contributed by atoms with Gasteiger partial charge < -0.3 is 5.11 Å². The number of aliphatic hydroxyl groups excluding tert-OH is 1. The molecule has 0 aromatic carbocycles. The Morgan fingerprint density at radius 3 is 1.87 bits per heavy atom. The van der Waals surface area contributed by atoms with Crippen LogP contribution < -0.4 is 0 Å². The Morgan fingerprint density at radius 2 is 1.60 bits per heavy atom. The first-order valence-corrected chi connectivity index (χ1v) is 5.64. The Bertz CT molecular complexity index is 229. The highest BCUT2D eigenvalue weighted by atomic mass is 19.1. The van der Waals surface area contributed by atoms with E-state index in [4.69, 9.17) is 0 Å². The van der Waals surface area contributed by atoms with E-state index in [-0.39, 0.29) is 17.0 Å². The quantitative estimate of drug-likeness (QED) is 0.672. The predicted molar refractivity (Wildman–Crippen MR) is 60.6 cm³/mol. The van der Waals surface area contributed by atoms with Gasteiger partial charge in [0.25, 0.3) is 0 Å². The minimum Gasteiger partial charge on any atom is -0.388 e. The third kappa shape index (κ3) is 2.51. The lowest BCUT2D eigenvalue weighted by atomic mass is 9.82. The molecule has 15 heavy (non-hydrogen) atoms. The van der Waals surface area contributed by atoms with Gasteiger partial charge in [0.15, 0.2) is 0 Å². The summed E-state index contributed by atoms with van der Waals surface area (Å²) < 4.78 is 13.6. The topological polar surface area (TPSA) is 23.5 Å². The first-order chi connectivity index (χ1) is 6.55. The van der Waals surface area contributed by atoms with E-state index in [1.165, 1.54) is 0 Å². The number of alkyl halides is 1. The maximum atomic E-state index is 13.6. The van der Waals surface area contributed by atoms with Crippen LogP contribution in [-0.2, 0) is 0 Å². The molecule has 1 heterocycles. The molecule has 0 unspecified atom stereocenters. The Labute approximate surface area is 92.5 Å². The largest absolute Gasteiger partial charge is 0.388 e. The van der Waals surface area contributed by atoms with Crippen molar-refractivity contribution in [2.75, 3.05) is 6.54 Å². The summed E-state index contributed by atoms with van der Waals surface area (Å²) in [6, 6.07) is -0.104. The average Bonchev–Trinajstić information content (AvgIpc) is 2.25. The maximum Gasteiger partial charge on any atom is 0.140 e. The maximum absolute atomic E-state index is 13.6. The molecule has 0 bridgehead atoms. The second kappa shape index (κ2) is 3.70. The van der Waals surface area contributed by atoms with Crippen molar-refractivity contribution in [1.29, 1.82) is 0 Å². The molecule has 2 nitrogen and oxygen atoms in total. The first kappa shape index (κ1) is 12.9. The van der Waals surface area contributed by atoms with Crippen molar-refractivity contribution in [3.8, 4) is 0 Å². The van der Waals surface area contributed by atoms with Gasteiger partial charge in [-0.25, -0.2) is 4.39 Å². The molecule has 0 radical (unpaired) electrons. The molecule has 1 saturated heterocycles. The van der Waals surface area contributed by atoms with Crippen molar-refractivity contribution in [2.24, 2.45) is 5.41 Å². The summed E-state index contributed by atoms with van der Waals surface area (Å²) in [6.07, 6.45) is -1.97. The number of aliphatic hydroxyl groups is 1. The molecular formula is C12H24FNO. The van der Waals surface area contributed by atoms with Crippen molar-refractivity contribution in [3.05, 3.63) is 0 Å². The number of likely N-dealkylation sites (tertiary alicyclic amines) is 1. The third-order valence-electron chi connectivity index (χ3n) is 3.15. The van der Waals surface area contributed by atoms with Crippen LogP contribution in [0.3, 0.4) is 0 Å². The van der Waals surface area contributed by atoms with E-state index in [9.17, 15) is 9.50 Å². The molecule has 0 amide bonds. The van der Waals surface area contributed by atoms with E-state index < -0.39 is 12.3 Å². The van der Waals surface area contributed by atoms with Gasteiger partial charge in [0, 0.05) is 18.1 Å². The number of rotatable bonds is 0. The number of hydrogen-bond acceptors (Lipinski definition) is 2. The van der Waals surface area contributed by atoms with Crippen LogP contribution in [0.4, 0.5) is 4.39 Å². The molecule has 1 aliphatic rings. The van der Waals surface area contributed by atoms with E-state index in [0.29, 0.717) is 6.54 Å². The SMILES string of the molecule is CC(C)(C)[C@@H]1[C@H](O)[C@@H](F)CN1C(C)(C)C. The molecule has 1 N–H and O–H groups in total. The summed E-state index contributed by atoms with van der Waals surface area (Å²) in [6.45, 7) is 12.7. The molecule has 0 saturated carbocycles. The Balaban J connectivity index is 2.98. The van der Waals surface area contributed by atoms with Crippen LogP contribution >= 0.6 is 0 Å². The summed E-state index contributed by atoms with van der Waals surface area (Å²) in [5, 5.41) is 9.91. The predicted octanol–water partition coefficient (Wildman–Crippen LogP) is 2.21. The van der Waals surface area contributed by atoms with Crippen LogP contribution in [0.1, 0.15) is 41.5 Å². The Morgan fingerprint density at radius 1 is 1.13 bits per heavy atom. The molecule has 1 rings (SSSR count). The molecule has 3 atom stereocenters. The summed E-state index contributed by atoms with van der Waals surface area (Å²) in [5.41, 5.74) is -0.201.